The van der Waals surface area contributed by atoms with Crippen molar-refractivity contribution in [2.75, 3.05) is 11.9 Å². The predicted octanol–water partition coefficient (Wildman–Crippen LogP) is 2.90. The van der Waals surface area contributed by atoms with Crippen LogP contribution in [0.1, 0.15) is 42.9 Å². The normalized spacial score (nSPS) is 12.4. The minimum absolute atomic E-state index is 0.0110. The molecule has 11 heteroatoms. The minimum Gasteiger partial charge on any atom is -0.468 e. The number of nitrogens with zero attached hydrogens (tertiary/aromatic N) is 3. The van der Waals surface area contributed by atoms with Crippen molar-refractivity contribution in [2.45, 2.75) is 33.0 Å². The molecule has 0 saturated heterocycles. The molecule has 0 aliphatic rings. The van der Waals surface area contributed by atoms with Gasteiger partial charge in [-0.1, -0.05) is 19.9 Å². The van der Waals surface area contributed by atoms with E-state index in [1.54, 1.807) is 20.8 Å². The van der Waals surface area contributed by atoms with Crippen molar-refractivity contribution in [2.24, 2.45) is 5.92 Å². The number of anilines is 1. The summed E-state index contributed by atoms with van der Waals surface area (Å²) in [5.74, 6) is -1.23. The van der Waals surface area contributed by atoms with Crippen molar-refractivity contribution < 1.29 is 27.5 Å². The smallest absolute Gasteiger partial charge is 0.422 e. The van der Waals surface area contributed by atoms with Gasteiger partial charge in [-0.05, 0) is 18.6 Å². The van der Waals surface area contributed by atoms with Gasteiger partial charge in [-0.3, -0.25) is 14.9 Å². The molecule has 2 aromatic heterocycles. The Kier molecular flexibility index (Phi) is 7.08. The van der Waals surface area contributed by atoms with E-state index in [0.717, 1.165) is 0 Å². The summed E-state index contributed by atoms with van der Waals surface area (Å²) in [6, 6.07) is 3.67. The lowest BCUT2D eigenvalue weighted by molar-refractivity contribution is -0.154. The molecule has 0 radical (unpaired) electrons. The van der Waals surface area contributed by atoms with Gasteiger partial charge in [0.25, 0.3) is 5.91 Å². The molecule has 8 nitrogen and oxygen atoms in total. The second kappa shape index (κ2) is 9.30. The summed E-state index contributed by atoms with van der Waals surface area (Å²) < 4.78 is 41.0. The summed E-state index contributed by atoms with van der Waals surface area (Å²) in [5, 5.41) is 5.19. The van der Waals surface area contributed by atoms with Crippen LogP contribution < -0.4 is 15.4 Å². The fourth-order valence-electron chi connectivity index (χ4n) is 2.04. The summed E-state index contributed by atoms with van der Waals surface area (Å²) in [5.41, 5.74) is 0.601. The van der Waals surface area contributed by atoms with Crippen LogP contribution in [0.15, 0.2) is 30.6 Å². The lowest BCUT2D eigenvalue weighted by atomic mass is 10.1. The van der Waals surface area contributed by atoms with Crippen LogP contribution in [0.25, 0.3) is 0 Å². The number of hydrogen-bond acceptors (Lipinski definition) is 6. The highest BCUT2D eigenvalue weighted by molar-refractivity contribution is 5.94. The van der Waals surface area contributed by atoms with Gasteiger partial charge in [0.05, 0.1) is 6.04 Å². The van der Waals surface area contributed by atoms with Gasteiger partial charge < -0.3 is 10.1 Å². The van der Waals surface area contributed by atoms with Crippen molar-refractivity contribution in [3.05, 3.63) is 41.9 Å². The first-order valence-electron chi connectivity index (χ1n) is 8.65. The molecule has 0 spiro atoms. The molecule has 29 heavy (non-hydrogen) atoms. The van der Waals surface area contributed by atoms with Gasteiger partial charge in [0.15, 0.2) is 6.61 Å². The van der Waals surface area contributed by atoms with E-state index in [-0.39, 0.29) is 29.3 Å². The van der Waals surface area contributed by atoms with E-state index in [0.29, 0.717) is 5.56 Å². The van der Waals surface area contributed by atoms with E-state index in [1.165, 1.54) is 30.6 Å². The molecule has 0 aromatic carbocycles. The number of hydrogen-bond donors (Lipinski definition) is 2. The maximum absolute atomic E-state index is 12.4. The zero-order valence-corrected chi connectivity index (χ0v) is 15.9. The van der Waals surface area contributed by atoms with E-state index in [1.807, 2.05) is 0 Å². The Balaban J connectivity index is 1.99. The number of rotatable bonds is 7. The SMILES string of the molecule is CC(C)C(=O)Nc1nccc(C(=O)NC(C)c2ccc(OCC(F)(F)F)nc2)n1. The summed E-state index contributed by atoms with van der Waals surface area (Å²) in [7, 11) is 0. The van der Waals surface area contributed by atoms with Gasteiger partial charge in [-0.25, -0.2) is 15.0 Å². The average molecular weight is 411 g/mol. The average Bonchev–Trinajstić information content (AvgIpc) is 2.66. The van der Waals surface area contributed by atoms with Gasteiger partial charge in [-0.15, -0.1) is 0 Å². The Labute approximate surface area is 164 Å². The monoisotopic (exact) mass is 411 g/mol. The van der Waals surface area contributed by atoms with Gasteiger partial charge in [0, 0.05) is 24.4 Å². The van der Waals surface area contributed by atoms with Crippen LogP contribution in [0.4, 0.5) is 19.1 Å². The molecule has 0 aliphatic heterocycles. The molecule has 156 valence electrons. The Bertz CT molecular complexity index is 857. The fraction of sp³-hybridized carbons (Fsp3) is 0.389. The lowest BCUT2D eigenvalue weighted by Crippen LogP contribution is -2.28. The molecule has 2 rings (SSSR count). The third-order valence-electron chi connectivity index (χ3n) is 3.64. The maximum Gasteiger partial charge on any atom is 0.422 e. The number of amides is 2. The molecule has 1 atom stereocenters. The first-order chi connectivity index (χ1) is 13.5. The van der Waals surface area contributed by atoms with Crippen molar-refractivity contribution in [1.29, 1.82) is 0 Å². The molecular formula is C18H20F3N5O3. The van der Waals surface area contributed by atoms with Crippen LogP contribution in [0, 0.1) is 5.92 Å². The number of ether oxygens (including phenoxy) is 1. The molecule has 2 amide bonds. The Hall–Kier alpha value is -3.24. The third-order valence-corrected chi connectivity index (χ3v) is 3.64. The maximum atomic E-state index is 12.4. The largest absolute Gasteiger partial charge is 0.468 e. The molecule has 0 bridgehead atoms. The number of alkyl halides is 3. The molecule has 2 heterocycles. The summed E-state index contributed by atoms with van der Waals surface area (Å²) in [4.78, 5) is 35.8. The number of aromatic nitrogens is 3. The van der Waals surface area contributed by atoms with Crippen LogP contribution in [0.5, 0.6) is 5.88 Å². The van der Waals surface area contributed by atoms with Crippen LogP contribution in [0.3, 0.4) is 0 Å². The number of carbonyl (C=O) groups excluding carboxylic acids is 2. The summed E-state index contributed by atoms with van der Waals surface area (Å²) in [6.45, 7) is 3.66. The highest BCUT2D eigenvalue weighted by Gasteiger charge is 2.28. The van der Waals surface area contributed by atoms with Crippen molar-refractivity contribution in [3.63, 3.8) is 0 Å². The quantitative estimate of drug-likeness (QED) is 0.726. The molecule has 2 aromatic rings. The van der Waals surface area contributed by atoms with E-state index >= 15 is 0 Å². The molecule has 0 aliphatic carbocycles. The number of carbonyl (C=O) groups is 2. The highest BCUT2D eigenvalue weighted by atomic mass is 19.4. The highest BCUT2D eigenvalue weighted by Crippen LogP contribution is 2.19. The third kappa shape index (κ3) is 7.01. The van der Waals surface area contributed by atoms with E-state index < -0.39 is 24.7 Å². The number of nitrogens with one attached hydrogen (secondary N) is 2. The second-order valence-corrected chi connectivity index (χ2v) is 6.44. The number of halogens is 3. The zero-order valence-electron chi connectivity index (χ0n) is 15.9. The van der Waals surface area contributed by atoms with Gasteiger partial charge in [0.1, 0.15) is 5.69 Å². The molecular weight excluding hydrogens is 391 g/mol. The second-order valence-electron chi connectivity index (χ2n) is 6.44. The predicted molar refractivity (Wildman–Crippen MR) is 97.2 cm³/mol. The lowest BCUT2D eigenvalue weighted by Gasteiger charge is -2.15. The Morgan fingerprint density at radius 1 is 1.14 bits per heavy atom. The summed E-state index contributed by atoms with van der Waals surface area (Å²) in [6.07, 6.45) is -1.80. The topological polar surface area (TPSA) is 106 Å². The van der Waals surface area contributed by atoms with E-state index in [9.17, 15) is 22.8 Å². The molecule has 0 saturated carbocycles. The van der Waals surface area contributed by atoms with Crippen LogP contribution >= 0.6 is 0 Å². The minimum atomic E-state index is -4.45. The molecule has 2 N–H and O–H groups in total. The first kappa shape index (κ1) is 22.1. The van der Waals surface area contributed by atoms with Crippen LogP contribution in [0.2, 0.25) is 0 Å². The van der Waals surface area contributed by atoms with Gasteiger partial charge in [0.2, 0.25) is 17.7 Å². The van der Waals surface area contributed by atoms with Gasteiger partial charge in [-0.2, -0.15) is 13.2 Å². The Morgan fingerprint density at radius 2 is 1.86 bits per heavy atom. The first-order valence-corrected chi connectivity index (χ1v) is 8.65. The zero-order chi connectivity index (χ0) is 21.6. The molecule has 1 unspecified atom stereocenters. The summed E-state index contributed by atoms with van der Waals surface area (Å²) >= 11 is 0. The van der Waals surface area contributed by atoms with Gasteiger partial charge >= 0.3 is 6.18 Å². The van der Waals surface area contributed by atoms with Crippen LogP contribution in [-0.2, 0) is 4.79 Å². The van der Waals surface area contributed by atoms with Crippen LogP contribution in [-0.4, -0.2) is 39.5 Å². The van der Waals surface area contributed by atoms with E-state index in [2.05, 4.69) is 30.3 Å². The number of pyridine rings is 1. The van der Waals surface area contributed by atoms with E-state index in [4.69, 9.17) is 0 Å². The van der Waals surface area contributed by atoms with Crippen molar-refractivity contribution in [3.8, 4) is 5.88 Å². The molecule has 0 fully saturated rings. The standard InChI is InChI=1S/C18H20F3N5O3/c1-10(2)15(27)26-17-22-7-6-13(25-17)16(28)24-11(3)12-4-5-14(23-8-12)29-9-18(19,20)21/h4-8,10-11H,9H2,1-3H3,(H,24,28)(H,22,25,26,27). The van der Waals surface area contributed by atoms with Crippen molar-refractivity contribution in [1.82, 2.24) is 20.3 Å². The van der Waals surface area contributed by atoms with Crippen molar-refractivity contribution >= 4 is 17.8 Å². The Morgan fingerprint density at radius 3 is 2.45 bits per heavy atom. The fourth-order valence-corrected chi connectivity index (χ4v) is 2.04.